The van der Waals surface area contributed by atoms with Crippen molar-refractivity contribution >= 4 is 0 Å². The molecule has 0 aliphatic rings. The molecule has 0 heteroatoms. The van der Waals surface area contributed by atoms with Crippen LogP contribution in [0.25, 0.3) is 0 Å². The molecule has 0 fully saturated rings. The molecule has 0 spiro atoms. The molecule has 0 nitrogen and oxygen atoms in total. The minimum atomic E-state index is 0.668. The highest BCUT2D eigenvalue weighted by atomic mass is 14.1. The van der Waals surface area contributed by atoms with Gasteiger partial charge in [0.15, 0.2) is 0 Å². The molecule has 0 heterocycles. The molecule has 0 radical (unpaired) electrons. The SMILES string of the molecule is [C-]#Cc1ccc(C#Cc2cc(C#Cc3ccc(C#[C-])cc3)c(C#Cc3ccc(C#[C-])cc3)cc2C#Cc2ccc(C#[C-])cc2)cc1. The first-order valence-electron chi connectivity index (χ1n) is 13.9. The second-order valence-electron chi connectivity index (χ2n) is 9.75. The third-order valence-electron chi connectivity index (χ3n) is 6.64. The van der Waals surface area contributed by atoms with Crippen molar-refractivity contribution in [1.82, 2.24) is 0 Å². The number of rotatable bonds is 0. The molecular weight excluding hydrogens is 553 g/mol. The Balaban J connectivity index is 1.66. The lowest BCUT2D eigenvalue weighted by molar-refractivity contribution is 1.50. The molecule has 0 aliphatic heterocycles. The van der Waals surface area contributed by atoms with Crippen molar-refractivity contribution in [2.75, 3.05) is 0 Å². The maximum absolute atomic E-state index is 7.33. The summed E-state index contributed by atoms with van der Waals surface area (Å²) in [5.74, 6) is 35.3. The smallest absolute Gasteiger partial charge is 0.0419 e. The summed E-state index contributed by atoms with van der Waals surface area (Å²) in [5, 5.41) is 0. The summed E-state index contributed by atoms with van der Waals surface area (Å²) in [6.07, 6.45) is 29.3. The predicted octanol–water partition coefficient (Wildman–Crippen LogP) is 7.04. The van der Waals surface area contributed by atoms with Crippen LogP contribution in [0.1, 0.15) is 66.8 Å². The van der Waals surface area contributed by atoms with Gasteiger partial charge in [0.1, 0.15) is 0 Å². The van der Waals surface area contributed by atoms with Crippen molar-refractivity contribution in [3.8, 4) is 71.0 Å². The molecule has 5 aromatic carbocycles. The summed E-state index contributed by atoms with van der Waals surface area (Å²) in [6.45, 7) is 0. The van der Waals surface area contributed by atoms with E-state index in [9.17, 15) is 0 Å². The molecule has 5 rings (SSSR count). The summed E-state index contributed by atoms with van der Waals surface area (Å²) in [5.41, 5.74) is 8.49. The van der Waals surface area contributed by atoms with Crippen molar-refractivity contribution in [3.63, 3.8) is 0 Å². The van der Waals surface area contributed by atoms with E-state index >= 15 is 0 Å². The van der Waals surface area contributed by atoms with Crippen LogP contribution in [0.5, 0.6) is 0 Å². The van der Waals surface area contributed by atoms with Crippen LogP contribution < -0.4 is 0 Å². The average Bonchev–Trinajstić information content (AvgIpc) is 3.12. The Morgan fingerprint density at radius 3 is 0.587 bits per heavy atom. The average molecular weight is 571 g/mol. The van der Waals surface area contributed by atoms with Gasteiger partial charge in [0.25, 0.3) is 0 Å². The molecule has 46 heavy (non-hydrogen) atoms. The fourth-order valence-corrected chi connectivity index (χ4v) is 4.12. The summed E-state index contributed by atoms with van der Waals surface area (Å²) in [6, 6.07) is 32.8. The van der Waals surface area contributed by atoms with Gasteiger partial charge in [0.05, 0.1) is 0 Å². The van der Waals surface area contributed by atoms with Crippen LogP contribution in [0.4, 0.5) is 0 Å². The van der Waals surface area contributed by atoms with Gasteiger partial charge < -0.3 is 25.7 Å². The Hall–Kier alpha value is -7.42. The van der Waals surface area contributed by atoms with E-state index in [0.29, 0.717) is 44.5 Å². The van der Waals surface area contributed by atoms with Crippen LogP contribution in [0.3, 0.4) is 0 Å². The van der Waals surface area contributed by atoms with Crippen molar-refractivity contribution in [3.05, 3.63) is 202 Å². The van der Waals surface area contributed by atoms with Gasteiger partial charge in [-0.1, -0.05) is 95.9 Å². The summed E-state index contributed by atoms with van der Waals surface area (Å²) >= 11 is 0. The van der Waals surface area contributed by atoms with Crippen LogP contribution in [0.2, 0.25) is 0 Å². The van der Waals surface area contributed by atoms with E-state index in [0.717, 1.165) is 22.3 Å². The molecule has 0 amide bonds. The lowest BCUT2D eigenvalue weighted by atomic mass is 9.97. The van der Waals surface area contributed by atoms with Crippen molar-refractivity contribution in [2.45, 2.75) is 0 Å². The van der Waals surface area contributed by atoms with E-state index in [-0.39, 0.29) is 0 Å². The van der Waals surface area contributed by atoms with Gasteiger partial charge >= 0.3 is 0 Å². The standard InChI is InChI=1S/C46H18/c1-5-35-9-17-39(18-10-35)25-29-43-33-45(31-27-41-21-13-37(7-3)14-22-41)46(32-28-42-23-15-38(8-4)16-24-42)34-44(43)30-26-40-19-11-36(6-2)12-20-40/h9-24,33-34H/q-4. The molecule has 0 aromatic heterocycles. The van der Waals surface area contributed by atoms with E-state index in [2.05, 4.69) is 71.0 Å². The van der Waals surface area contributed by atoms with Crippen molar-refractivity contribution in [1.29, 1.82) is 0 Å². The molecular formula is C46H18-4. The lowest BCUT2D eigenvalue weighted by Gasteiger charge is -2.04. The van der Waals surface area contributed by atoms with Gasteiger partial charge in [-0.3, -0.25) is 23.7 Å². The van der Waals surface area contributed by atoms with E-state index < -0.39 is 0 Å². The first kappa shape index (κ1) is 30.1. The van der Waals surface area contributed by atoms with Gasteiger partial charge in [0.2, 0.25) is 0 Å². The quantitative estimate of drug-likeness (QED) is 0.138. The van der Waals surface area contributed by atoms with E-state index in [1.165, 1.54) is 0 Å². The molecule has 0 saturated heterocycles. The van der Waals surface area contributed by atoms with Crippen LogP contribution in [-0.2, 0) is 0 Å². The predicted molar refractivity (Wildman–Crippen MR) is 181 cm³/mol. The minimum absolute atomic E-state index is 0.668. The maximum atomic E-state index is 7.33. The Labute approximate surface area is 271 Å². The highest BCUT2D eigenvalue weighted by Gasteiger charge is 2.06. The second-order valence-corrected chi connectivity index (χ2v) is 9.75. The first-order valence-corrected chi connectivity index (χ1v) is 13.9. The topological polar surface area (TPSA) is 0 Å². The molecule has 206 valence electrons. The minimum Gasteiger partial charge on any atom is -0.366 e. The summed E-state index contributed by atoms with van der Waals surface area (Å²) in [4.78, 5) is 0. The van der Waals surface area contributed by atoms with Crippen LogP contribution in [0.15, 0.2) is 109 Å². The molecule has 0 aliphatic carbocycles. The maximum Gasteiger partial charge on any atom is 0.0419 e. The molecule has 0 atom stereocenters. The van der Waals surface area contributed by atoms with E-state index in [1.54, 1.807) is 48.5 Å². The molecule has 0 saturated carbocycles. The van der Waals surface area contributed by atoms with Crippen LogP contribution in [0, 0.1) is 96.7 Å². The number of hydrogen-bond donors (Lipinski definition) is 0. The Kier molecular flexibility index (Phi) is 9.57. The van der Waals surface area contributed by atoms with E-state index in [1.807, 2.05) is 60.7 Å². The van der Waals surface area contributed by atoms with Crippen LogP contribution >= 0.6 is 0 Å². The number of hydrogen-bond acceptors (Lipinski definition) is 0. The molecule has 5 aromatic rings. The highest BCUT2D eigenvalue weighted by Crippen LogP contribution is 2.17. The summed E-state index contributed by atoms with van der Waals surface area (Å²) in [7, 11) is 0. The fourth-order valence-electron chi connectivity index (χ4n) is 4.12. The highest BCUT2D eigenvalue weighted by molar-refractivity contribution is 5.64. The Bertz CT molecular complexity index is 2010. The Morgan fingerprint density at radius 2 is 0.413 bits per heavy atom. The van der Waals surface area contributed by atoms with Crippen molar-refractivity contribution in [2.24, 2.45) is 0 Å². The zero-order chi connectivity index (χ0) is 32.1. The van der Waals surface area contributed by atoms with Crippen LogP contribution in [-0.4, -0.2) is 0 Å². The third-order valence-corrected chi connectivity index (χ3v) is 6.64. The normalized spacial score (nSPS) is 8.96. The van der Waals surface area contributed by atoms with Gasteiger partial charge in [-0.2, -0.15) is 0 Å². The fraction of sp³-hybridized carbons (Fsp3) is 0. The van der Waals surface area contributed by atoms with Gasteiger partial charge in [0, 0.05) is 44.5 Å². The van der Waals surface area contributed by atoms with Gasteiger partial charge in [-0.15, -0.1) is 70.8 Å². The summed E-state index contributed by atoms with van der Waals surface area (Å²) < 4.78 is 0. The second kappa shape index (κ2) is 14.7. The number of benzene rings is 5. The molecule has 0 N–H and O–H groups in total. The monoisotopic (exact) mass is 570 g/mol. The molecule has 0 unspecified atom stereocenters. The third kappa shape index (κ3) is 7.90. The zero-order valence-electron chi connectivity index (χ0n) is 24.4. The van der Waals surface area contributed by atoms with Gasteiger partial charge in [-0.25, -0.2) is 0 Å². The Morgan fingerprint density at radius 1 is 0.239 bits per heavy atom. The first-order chi connectivity index (χ1) is 22.6. The van der Waals surface area contributed by atoms with E-state index in [4.69, 9.17) is 25.7 Å². The zero-order valence-corrected chi connectivity index (χ0v) is 24.4. The largest absolute Gasteiger partial charge is 0.366 e. The molecule has 0 bridgehead atoms. The van der Waals surface area contributed by atoms with Crippen molar-refractivity contribution < 1.29 is 0 Å². The van der Waals surface area contributed by atoms with Gasteiger partial charge in [-0.05, 0) is 12.1 Å². The lowest BCUT2D eigenvalue weighted by Crippen LogP contribution is -1.93.